The Hall–Kier alpha value is -1.07. The molecule has 1 saturated heterocycles. The smallest absolute Gasteiger partial charge is 0.317 e. The SMILES string of the molecule is O=C(NCC1(c2cccs2)CCCCC1)N1CCCC(O)C1. The average Bonchev–Trinajstić information content (AvgIpc) is 3.09. The van der Waals surface area contributed by atoms with E-state index in [0.29, 0.717) is 6.54 Å². The number of thiophene rings is 1. The maximum absolute atomic E-state index is 12.4. The Labute approximate surface area is 136 Å². The maximum atomic E-state index is 12.4. The Morgan fingerprint density at radius 1 is 1.36 bits per heavy atom. The monoisotopic (exact) mass is 322 g/mol. The topological polar surface area (TPSA) is 52.6 Å². The van der Waals surface area contributed by atoms with Gasteiger partial charge in [0.25, 0.3) is 0 Å². The van der Waals surface area contributed by atoms with Gasteiger partial charge in [-0.15, -0.1) is 11.3 Å². The fourth-order valence-corrected chi connectivity index (χ4v) is 4.80. The predicted octanol–water partition coefficient (Wildman–Crippen LogP) is 3.12. The molecule has 2 heterocycles. The molecule has 1 aliphatic heterocycles. The molecule has 0 radical (unpaired) electrons. The van der Waals surface area contributed by atoms with Crippen LogP contribution < -0.4 is 5.32 Å². The number of hydrogen-bond donors (Lipinski definition) is 2. The number of piperidine rings is 1. The lowest BCUT2D eigenvalue weighted by molar-refractivity contribution is 0.0834. The molecule has 1 atom stereocenters. The molecule has 122 valence electrons. The molecule has 1 unspecified atom stereocenters. The molecule has 2 fully saturated rings. The van der Waals surface area contributed by atoms with E-state index >= 15 is 0 Å². The van der Waals surface area contributed by atoms with Crippen LogP contribution in [-0.2, 0) is 5.41 Å². The Morgan fingerprint density at radius 2 is 2.18 bits per heavy atom. The van der Waals surface area contributed by atoms with Gasteiger partial charge in [0.05, 0.1) is 6.10 Å². The van der Waals surface area contributed by atoms with E-state index in [1.165, 1.54) is 24.1 Å². The van der Waals surface area contributed by atoms with E-state index in [1.807, 2.05) is 11.3 Å². The second kappa shape index (κ2) is 7.01. The van der Waals surface area contributed by atoms with Crippen LogP contribution in [0.25, 0.3) is 0 Å². The predicted molar refractivity (Wildman–Crippen MR) is 89.3 cm³/mol. The molecule has 5 heteroatoms. The lowest BCUT2D eigenvalue weighted by Crippen LogP contribution is -2.50. The van der Waals surface area contributed by atoms with Crippen LogP contribution >= 0.6 is 11.3 Å². The number of β-amino-alcohol motifs (C(OH)–C–C–N with tert-alkyl or cyclic N) is 1. The summed E-state index contributed by atoms with van der Waals surface area (Å²) in [6, 6.07) is 4.31. The van der Waals surface area contributed by atoms with Gasteiger partial charge in [-0.2, -0.15) is 0 Å². The molecular weight excluding hydrogens is 296 g/mol. The van der Waals surface area contributed by atoms with Crippen molar-refractivity contribution in [2.75, 3.05) is 19.6 Å². The number of aliphatic hydroxyl groups is 1. The number of amides is 2. The largest absolute Gasteiger partial charge is 0.391 e. The zero-order valence-corrected chi connectivity index (χ0v) is 13.9. The number of nitrogens with one attached hydrogen (secondary N) is 1. The van der Waals surface area contributed by atoms with Crippen molar-refractivity contribution in [3.63, 3.8) is 0 Å². The second-order valence-corrected chi connectivity index (χ2v) is 7.67. The molecule has 1 aromatic rings. The first kappa shape index (κ1) is 15.8. The van der Waals surface area contributed by atoms with Crippen LogP contribution in [0.2, 0.25) is 0 Å². The molecule has 0 spiro atoms. The van der Waals surface area contributed by atoms with Gasteiger partial charge in [0.1, 0.15) is 0 Å². The molecule has 2 amide bonds. The highest BCUT2D eigenvalue weighted by atomic mass is 32.1. The third-order valence-corrected chi connectivity index (χ3v) is 6.23. The zero-order valence-electron chi connectivity index (χ0n) is 13.1. The molecule has 1 saturated carbocycles. The van der Waals surface area contributed by atoms with Gasteiger partial charge in [-0.1, -0.05) is 25.3 Å². The van der Waals surface area contributed by atoms with Gasteiger partial charge < -0.3 is 15.3 Å². The van der Waals surface area contributed by atoms with Crippen molar-refractivity contribution in [3.05, 3.63) is 22.4 Å². The van der Waals surface area contributed by atoms with Crippen LogP contribution in [0, 0.1) is 0 Å². The molecule has 1 aromatic heterocycles. The van der Waals surface area contributed by atoms with Gasteiger partial charge in [0, 0.05) is 29.9 Å². The van der Waals surface area contributed by atoms with Crippen molar-refractivity contribution in [1.82, 2.24) is 10.2 Å². The number of likely N-dealkylation sites (tertiary alicyclic amines) is 1. The van der Waals surface area contributed by atoms with Gasteiger partial charge in [-0.3, -0.25) is 0 Å². The first-order valence-corrected chi connectivity index (χ1v) is 9.32. The fraction of sp³-hybridized carbons (Fsp3) is 0.706. The van der Waals surface area contributed by atoms with Crippen molar-refractivity contribution < 1.29 is 9.90 Å². The highest BCUT2D eigenvalue weighted by molar-refractivity contribution is 7.10. The lowest BCUT2D eigenvalue weighted by atomic mass is 9.73. The minimum absolute atomic E-state index is 0.0137. The maximum Gasteiger partial charge on any atom is 0.317 e. The van der Waals surface area contributed by atoms with Crippen molar-refractivity contribution >= 4 is 17.4 Å². The van der Waals surface area contributed by atoms with Crippen molar-refractivity contribution in [2.45, 2.75) is 56.5 Å². The summed E-state index contributed by atoms with van der Waals surface area (Å²) in [5, 5.41) is 15.0. The van der Waals surface area contributed by atoms with Crippen molar-refractivity contribution in [1.29, 1.82) is 0 Å². The third-order valence-electron chi connectivity index (χ3n) is 5.12. The standard InChI is InChI=1S/C17H26N2O2S/c20-14-6-4-10-19(12-14)16(21)18-13-17(8-2-1-3-9-17)15-7-5-11-22-15/h5,7,11,14,20H,1-4,6,8-10,12-13H2,(H,18,21). The summed E-state index contributed by atoms with van der Waals surface area (Å²) in [6.45, 7) is 1.95. The molecule has 22 heavy (non-hydrogen) atoms. The number of rotatable bonds is 3. The average molecular weight is 322 g/mol. The van der Waals surface area contributed by atoms with Gasteiger partial charge >= 0.3 is 6.03 Å². The van der Waals surface area contributed by atoms with E-state index in [0.717, 1.165) is 38.8 Å². The minimum atomic E-state index is -0.361. The summed E-state index contributed by atoms with van der Waals surface area (Å²) in [6.07, 6.45) is 7.46. The number of carbonyl (C=O) groups excluding carboxylic acids is 1. The normalized spacial score (nSPS) is 25.0. The zero-order chi connectivity index (χ0) is 15.4. The van der Waals surface area contributed by atoms with Crippen molar-refractivity contribution in [3.8, 4) is 0 Å². The highest BCUT2D eigenvalue weighted by Gasteiger charge is 2.35. The summed E-state index contributed by atoms with van der Waals surface area (Å²) < 4.78 is 0. The minimum Gasteiger partial charge on any atom is -0.391 e. The highest BCUT2D eigenvalue weighted by Crippen LogP contribution is 2.41. The Morgan fingerprint density at radius 3 is 2.86 bits per heavy atom. The Balaban J connectivity index is 1.63. The van der Waals surface area contributed by atoms with Gasteiger partial charge in [-0.25, -0.2) is 4.79 Å². The van der Waals surface area contributed by atoms with Gasteiger partial charge in [0.2, 0.25) is 0 Å². The lowest BCUT2D eigenvalue weighted by Gasteiger charge is -2.38. The van der Waals surface area contributed by atoms with E-state index < -0.39 is 0 Å². The van der Waals surface area contributed by atoms with Gasteiger partial charge in [0.15, 0.2) is 0 Å². The number of aliphatic hydroxyl groups excluding tert-OH is 1. The first-order valence-electron chi connectivity index (χ1n) is 8.44. The summed E-state index contributed by atoms with van der Waals surface area (Å²) in [5.41, 5.74) is 0.122. The molecule has 1 aliphatic carbocycles. The van der Waals surface area contributed by atoms with Crippen LogP contribution in [0.15, 0.2) is 17.5 Å². The molecule has 3 rings (SSSR count). The van der Waals surface area contributed by atoms with E-state index in [2.05, 4.69) is 22.8 Å². The fourth-order valence-electron chi connectivity index (χ4n) is 3.81. The summed E-state index contributed by atoms with van der Waals surface area (Å²) in [4.78, 5) is 15.6. The van der Waals surface area contributed by atoms with Crippen LogP contribution in [0.5, 0.6) is 0 Å². The third kappa shape index (κ3) is 3.46. The summed E-state index contributed by atoms with van der Waals surface area (Å²) in [5.74, 6) is 0. The number of hydrogen-bond acceptors (Lipinski definition) is 3. The molecule has 0 bridgehead atoms. The Kier molecular flexibility index (Phi) is 5.03. The number of urea groups is 1. The molecular formula is C17H26N2O2S. The first-order chi connectivity index (χ1) is 10.7. The van der Waals surface area contributed by atoms with E-state index in [1.54, 1.807) is 4.90 Å². The van der Waals surface area contributed by atoms with Crippen molar-refractivity contribution in [2.24, 2.45) is 0 Å². The summed E-state index contributed by atoms with van der Waals surface area (Å²) in [7, 11) is 0. The van der Waals surface area contributed by atoms with Crippen LogP contribution in [0.1, 0.15) is 49.8 Å². The molecule has 2 aliphatic rings. The molecule has 4 nitrogen and oxygen atoms in total. The number of carbonyl (C=O) groups is 1. The van der Waals surface area contributed by atoms with Crippen LogP contribution in [-0.4, -0.2) is 41.8 Å². The van der Waals surface area contributed by atoms with Gasteiger partial charge in [-0.05, 0) is 37.1 Å². The molecule has 2 N–H and O–H groups in total. The summed E-state index contributed by atoms with van der Waals surface area (Å²) >= 11 is 1.81. The van der Waals surface area contributed by atoms with E-state index in [-0.39, 0.29) is 17.6 Å². The second-order valence-electron chi connectivity index (χ2n) is 6.72. The number of nitrogens with zero attached hydrogens (tertiary/aromatic N) is 1. The van der Waals surface area contributed by atoms with Crippen LogP contribution in [0.3, 0.4) is 0 Å². The van der Waals surface area contributed by atoms with E-state index in [9.17, 15) is 9.90 Å². The quantitative estimate of drug-likeness (QED) is 0.898. The molecule has 0 aromatic carbocycles. The van der Waals surface area contributed by atoms with E-state index in [4.69, 9.17) is 0 Å². The Bertz CT molecular complexity index is 483. The van der Waals surface area contributed by atoms with Crippen LogP contribution in [0.4, 0.5) is 4.79 Å².